The maximum atomic E-state index is 13.2. The van der Waals surface area contributed by atoms with Crippen LogP contribution >= 0.6 is 0 Å². The summed E-state index contributed by atoms with van der Waals surface area (Å²) in [6.07, 6.45) is 56.4. The molecule has 0 spiro atoms. The van der Waals surface area contributed by atoms with E-state index < -0.39 is 18.2 Å². The average molecular weight is 844 g/mol. The molecule has 0 aromatic rings. The number of amides is 1. The molecule has 0 saturated carbocycles. The summed E-state index contributed by atoms with van der Waals surface area (Å²) in [5.41, 5.74) is 0. The van der Waals surface area contributed by atoms with Gasteiger partial charge in [-0.05, 0) is 77.0 Å². The summed E-state index contributed by atoms with van der Waals surface area (Å²) in [6.45, 7) is 6.44. The van der Waals surface area contributed by atoms with Crippen molar-refractivity contribution >= 4 is 11.9 Å². The fourth-order valence-electron chi connectivity index (χ4n) is 7.93. The van der Waals surface area contributed by atoms with E-state index in [0.717, 1.165) is 64.2 Å². The van der Waals surface area contributed by atoms with Crippen LogP contribution < -0.4 is 5.32 Å². The van der Waals surface area contributed by atoms with Gasteiger partial charge in [0.05, 0.1) is 25.2 Å². The van der Waals surface area contributed by atoms with Crippen LogP contribution in [0.15, 0.2) is 36.5 Å². The Bertz CT molecular complexity index is 993. The van der Waals surface area contributed by atoms with E-state index in [9.17, 15) is 19.8 Å². The quantitative estimate of drug-likeness (QED) is 0.0322. The second-order valence-electron chi connectivity index (χ2n) is 17.9. The Morgan fingerprint density at radius 1 is 0.483 bits per heavy atom. The molecule has 3 unspecified atom stereocenters. The first-order valence-electron chi connectivity index (χ1n) is 26.2. The molecule has 6 heteroatoms. The smallest absolute Gasteiger partial charge is 0.306 e. The third kappa shape index (κ3) is 42.8. The number of carbonyl (C=O) groups is 2. The van der Waals surface area contributed by atoms with Crippen LogP contribution in [0.25, 0.3) is 0 Å². The van der Waals surface area contributed by atoms with Gasteiger partial charge in [-0.3, -0.25) is 9.59 Å². The van der Waals surface area contributed by atoms with E-state index in [1.54, 1.807) is 0 Å². The highest BCUT2D eigenvalue weighted by atomic mass is 16.5. The molecule has 0 aliphatic heterocycles. The van der Waals surface area contributed by atoms with E-state index in [-0.39, 0.29) is 24.9 Å². The number of allylic oxidation sites excluding steroid dienone is 6. The second kappa shape index (κ2) is 48.1. The van der Waals surface area contributed by atoms with Gasteiger partial charge in [0.25, 0.3) is 0 Å². The summed E-state index contributed by atoms with van der Waals surface area (Å²) < 4.78 is 5.92. The molecule has 0 saturated heterocycles. The number of rotatable bonds is 47. The summed E-state index contributed by atoms with van der Waals surface area (Å²) in [5.74, 6) is -0.500. The summed E-state index contributed by atoms with van der Waals surface area (Å²) in [4.78, 5) is 26.1. The van der Waals surface area contributed by atoms with Gasteiger partial charge < -0.3 is 20.3 Å². The van der Waals surface area contributed by atoms with E-state index in [2.05, 4.69) is 62.5 Å². The number of unbranched alkanes of at least 4 members (excludes halogenated alkanes) is 29. The molecular weight excluding hydrogens is 743 g/mol. The molecule has 6 nitrogen and oxygen atoms in total. The molecule has 60 heavy (non-hydrogen) atoms. The highest BCUT2D eigenvalue weighted by molar-refractivity contribution is 5.77. The number of nitrogens with one attached hydrogen (secondary N) is 1. The van der Waals surface area contributed by atoms with Crippen molar-refractivity contribution < 1.29 is 24.5 Å². The normalized spacial score (nSPS) is 13.5. The van der Waals surface area contributed by atoms with Crippen molar-refractivity contribution in [1.29, 1.82) is 0 Å². The number of carbonyl (C=O) groups excluding carboxylic acids is 2. The van der Waals surface area contributed by atoms with Crippen molar-refractivity contribution in [2.75, 3.05) is 6.61 Å². The number of aliphatic hydroxyl groups excluding tert-OH is 2. The highest BCUT2D eigenvalue weighted by Gasteiger charge is 2.24. The third-order valence-corrected chi connectivity index (χ3v) is 11.9. The molecule has 0 radical (unpaired) electrons. The lowest BCUT2D eigenvalue weighted by atomic mass is 10.0. The standard InChI is InChI=1S/C54H101NO5/c1-4-7-10-13-16-19-22-24-25-26-27-28-29-30-32-35-38-41-44-47-54(59)60-50(45-42-39-36-33-31-23-20-17-14-11-8-5-2)48-53(58)55-51(49-56)52(57)46-43-40-37-34-21-18-15-12-9-6-3/h16,19,24-25,33,36,50-52,56-57H,4-15,17-18,20-23,26-32,34-35,37-49H2,1-3H3,(H,55,58)/b19-16-,25-24-,36-33-. The lowest BCUT2D eigenvalue weighted by Crippen LogP contribution is -2.46. The molecule has 0 aliphatic rings. The van der Waals surface area contributed by atoms with Crippen molar-refractivity contribution in [3.05, 3.63) is 36.5 Å². The molecule has 1 amide bonds. The monoisotopic (exact) mass is 844 g/mol. The molecule has 3 N–H and O–H groups in total. The van der Waals surface area contributed by atoms with E-state index in [1.165, 1.54) is 161 Å². The van der Waals surface area contributed by atoms with E-state index in [1.807, 2.05) is 0 Å². The van der Waals surface area contributed by atoms with Crippen molar-refractivity contribution in [3.8, 4) is 0 Å². The molecule has 3 atom stereocenters. The minimum absolute atomic E-state index is 0.0573. The van der Waals surface area contributed by atoms with Gasteiger partial charge in [-0.25, -0.2) is 0 Å². The van der Waals surface area contributed by atoms with E-state index in [4.69, 9.17) is 4.74 Å². The minimum atomic E-state index is -0.791. The largest absolute Gasteiger partial charge is 0.462 e. The maximum absolute atomic E-state index is 13.2. The van der Waals surface area contributed by atoms with Crippen molar-refractivity contribution in [3.63, 3.8) is 0 Å². The number of hydrogen-bond acceptors (Lipinski definition) is 5. The SMILES string of the molecule is CCCCC/C=C\C/C=C\CCCCCCCCCCCC(=O)OC(CCC/C=C\CCCCCCCCC)CC(=O)NC(CO)C(O)CCCCCCCCCCCC. The molecule has 0 rings (SSSR count). The van der Waals surface area contributed by atoms with Crippen molar-refractivity contribution in [2.45, 2.75) is 289 Å². The van der Waals surface area contributed by atoms with Crippen LogP contribution in [0.1, 0.15) is 271 Å². The topological polar surface area (TPSA) is 95.9 Å². The molecular formula is C54H101NO5. The Labute approximate surface area is 373 Å². The maximum Gasteiger partial charge on any atom is 0.306 e. The Morgan fingerprint density at radius 2 is 0.867 bits per heavy atom. The molecule has 352 valence electrons. The van der Waals surface area contributed by atoms with E-state index in [0.29, 0.717) is 19.3 Å². The first kappa shape index (κ1) is 58.1. The average Bonchev–Trinajstić information content (AvgIpc) is 3.24. The molecule has 0 heterocycles. The van der Waals surface area contributed by atoms with Gasteiger partial charge in [-0.2, -0.15) is 0 Å². The van der Waals surface area contributed by atoms with Crippen LogP contribution in [0.3, 0.4) is 0 Å². The summed E-state index contributed by atoms with van der Waals surface area (Å²) in [5, 5.41) is 23.7. The minimum Gasteiger partial charge on any atom is -0.462 e. The Kier molecular flexibility index (Phi) is 46.6. The van der Waals surface area contributed by atoms with Gasteiger partial charge in [0.1, 0.15) is 6.10 Å². The molecule has 0 aromatic carbocycles. The van der Waals surface area contributed by atoms with Crippen LogP contribution in [0.2, 0.25) is 0 Å². The van der Waals surface area contributed by atoms with Gasteiger partial charge >= 0.3 is 5.97 Å². The third-order valence-electron chi connectivity index (χ3n) is 11.9. The first-order chi connectivity index (χ1) is 29.5. The molecule has 0 aromatic heterocycles. The van der Waals surface area contributed by atoms with Crippen LogP contribution in [-0.2, 0) is 14.3 Å². The van der Waals surface area contributed by atoms with Crippen LogP contribution in [0, 0.1) is 0 Å². The second-order valence-corrected chi connectivity index (χ2v) is 17.9. The molecule has 0 fully saturated rings. The Morgan fingerprint density at radius 3 is 1.35 bits per heavy atom. The highest BCUT2D eigenvalue weighted by Crippen LogP contribution is 2.17. The van der Waals surface area contributed by atoms with Crippen molar-refractivity contribution in [2.24, 2.45) is 0 Å². The van der Waals surface area contributed by atoms with Gasteiger partial charge in [-0.15, -0.1) is 0 Å². The van der Waals surface area contributed by atoms with Crippen LogP contribution in [-0.4, -0.2) is 46.9 Å². The molecule has 0 bridgehead atoms. The van der Waals surface area contributed by atoms with E-state index >= 15 is 0 Å². The first-order valence-corrected chi connectivity index (χ1v) is 26.2. The lowest BCUT2D eigenvalue weighted by molar-refractivity contribution is -0.151. The predicted octanol–water partition coefficient (Wildman–Crippen LogP) is 15.7. The van der Waals surface area contributed by atoms with Gasteiger partial charge in [0, 0.05) is 6.42 Å². The van der Waals surface area contributed by atoms with Gasteiger partial charge in [0.15, 0.2) is 0 Å². The molecule has 0 aliphatic carbocycles. The lowest BCUT2D eigenvalue weighted by Gasteiger charge is -2.24. The Hall–Kier alpha value is -1.92. The number of ether oxygens (including phenoxy) is 1. The fourth-order valence-corrected chi connectivity index (χ4v) is 7.93. The number of hydrogen-bond donors (Lipinski definition) is 3. The van der Waals surface area contributed by atoms with Crippen LogP contribution in [0.4, 0.5) is 0 Å². The Balaban J connectivity index is 4.52. The van der Waals surface area contributed by atoms with Gasteiger partial charge in [0.2, 0.25) is 5.91 Å². The fraction of sp³-hybridized carbons (Fsp3) is 0.852. The zero-order valence-electron chi connectivity index (χ0n) is 40.1. The number of aliphatic hydroxyl groups is 2. The zero-order valence-corrected chi connectivity index (χ0v) is 40.1. The summed E-state index contributed by atoms with van der Waals surface area (Å²) >= 11 is 0. The van der Waals surface area contributed by atoms with Crippen LogP contribution in [0.5, 0.6) is 0 Å². The zero-order chi connectivity index (χ0) is 43.8. The summed E-state index contributed by atoms with van der Waals surface area (Å²) in [7, 11) is 0. The summed E-state index contributed by atoms with van der Waals surface area (Å²) in [6, 6.07) is -0.707. The predicted molar refractivity (Wildman–Crippen MR) is 259 cm³/mol. The van der Waals surface area contributed by atoms with Crippen molar-refractivity contribution in [1.82, 2.24) is 5.32 Å². The number of esters is 1. The van der Waals surface area contributed by atoms with Gasteiger partial charge in [-0.1, -0.05) is 218 Å².